The van der Waals surface area contributed by atoms with Crippen LogP contribution in [0.3, 0.4) is 0 Å². The summed E-state index contributed by atoms with van der Waals surface area (Å²) >= 11 is 6.77. The summed E-state index contributed by atoms with van der Waals surface area (Å²) in [6, 6.07) is 13.1. The van der Waals surface area contributed by atoms with Crippen molar-refractivity contribution in [3.05, 3.63) is 75.0 Å². The first kappa shape index (κ1) is 24.5. The van der Waals surface area contributed by atoms with Gasteiger partial charge in [-0.25, -0.2) is 4.98 Å². The van der Waals surface area contributed by atoms with E-state index in [4.69, 9.17) is 21.9 Å². The van der Waals surface area contributed by atoms with E-state index < -0.39 is 0 Å². The molecule has 9 heteroatoms. The molecule has 4 heterocycles. The lowest BCUT2D eigenvalue weighted by molar-refractivity contribution is -0.122. The first-order chi connectivity index (χ1) is 17.3. The Kier molecular flexibility index (Phi) is 6.85. The van der Waals surface area contributed by atoms with Gasteiger partial charge in [0.25, 0.3) is 11.5 Å². The smallest absolute Gasteiger partial charge is 0.267 e. The van der Waals surface area contributed by atoms with Gasteiger partial charge in [0.2, 0.25) is 0 Å². The van der Waals surface area contributed by atoms with Crippen LogP contribution in [0.1, 0.15) is 31.4 Å². The highest BCUT2D eigenvalue weighted by atomic mass is 32.2. The molecule has 2 fully saturated rings. The van der Waals surface area contributed by atoms with Crippen LogP contribution in [0.15, 0.2) is 58.4 Å². The third kappa shape index (κ3) is 4.77. The fourth-order valence-electron chi connectivity index (χ4n) is 4.98. The summed E-state index contributed by atoms with van der Waals surface area (Å²) in [6.45, 7) is 6.44. The van der Waals surface area contributed by atoms with Crippen molar-refractivity contribution in [1.29, 1.82) is 0 Å². The maximum atomic E-state index is 13.6. The van der Waals surface area contributed by atoms with Gasteiger partial charge in [-0.3, -0.25) is 18.9 Å². The van der Waals surface area contributed by atoms with Gasteiger partial charge < -0.3 is 9.64 Å². The zero-order valence-electron chi connectivity index (χ0n) is 20.5. The normalized spacial score (nSPS) is 21.6. The van der Waals surface area contributed by atoms with Crippen LogP contribution in [0.25, 0.3) is 11.7 Å². The summed E-state index contributed by atoms with van der Waals surface area (Å²) in [5, 5.41) is 0. The van der Waals surface area contributed by atoms with Gasteiger partial charge in [0, 0.05) is 19.3 Å². The molecule has 2 aromatic heterocycles. The molecule has 1 aromatic carbocycles. The second-order valence-corrected chi connectivity index (χ2v) is 11.2. The number of piperidine rings is 1. The minimum absolute atomic E-state index is 0.193. The highest BCUT2D eigenvalue weighted by Gasteiger charge is 2.33. The number of amides is 1. The van der Waals surface area contributed by atoms with Crippen molar-refractivity contribution in [1.82, 2.24) is 14.3 Å². The summed E-state index contributed by atoms with van der Waals surface area (Å²) < 4.78 is 7.22. The van der Waals surface area contributed by atoms with Crippen LogP contribution < -0.4 is 15.2 Å². The maximum absolute atomic E-state index is 13.6. The van der Waals surface area contributed by atoms with Crippen LogP contribution in [0, 0.1) is 11.8 Å². The molecule has 0 N–H and O–H groups in total. The summed E-state index contributed by atoms with van der Waals surface area (Å²) in [7, 11) is 1.62. The number of anilines is 1. The number of thiocarbonyl (C=S) groups is 1. The first-order valence-electron chi connectivity index (χ1n) is 12.0. The number of fused-ring (bicyclic) bond motifs is 1. The number of ether oxygens (including phenoxy) is 1. The predicted molar refractivity (Wildman–Crippen MR) is 148 cm³/mol. The van der Waals surface area contributed by atoms with E-state index in [1.807, 2.05) is 36.4 Å². The minimum atomic E-state index is -0.204. The lowest BCUT2D eigenvalue weighted by Gasteiger charge is -2.36. The fourth-order valence-corrected chi connectivity index (χ4v) is 6.21. The zero-order chi connectivity index (χ0) is 25.4. The van der Waals surface area contributed by atoms with E-state index in [9.17, 15) is 9.59 Å². The summed E-state index contributed by atoms with van der Waals surface area (Å²) in [5.41, 5.74) is 1.76. The van der Waals surface area contributed by atoms with Crippen molar-refractivity contribution in [2.45, 2.75) is 26.8 Å². The number of carbonyl (C=O) groups excluding carboxylic acids is 1. The second-order valence-electron chi connectivity index (χ2n) is 9.55. The molecule has 0 spiro atoms. The van der Waals surface area contributed by atoms with E-state index >= 15 is 0 Å². The van der Waals surface area contributed by atoms with E-state index in [1.165, 1.54) is 16.2 Å². The topological polar surface area (TPSA) is 67.2 Å². The second kappa shape index (κ2) is 10.1. The Labute approximate surface area is 219 Å². The molecule has 1 amide bonds. The number of benzene rings is 1. The Morgan fingerprint density at radius 3 is 2.53 bits per heavy atom. The summed E-state index contributed by atoms with van der Waals surface area (Å²) in [6.07, 6.45) is 4.53. The van der Waals surface area contributed by atoms with Crippen LogP contribution in [-0.2, 0) is 11.3 Å². The van der Waals surface area contributed by atoms with Gasteiger partial charge in [0.05, 0.1) is 24.1 Å². The van der Waals surface area contributed by atoms with Gasteiger partial charge in [-0.15, -0.1) is 0 Å². The molecule has 2 saturated heterocycles. The van der Waals surface area contributed by atoms with E-state index in [-0.39, 0.29) is 11.5 Å². The molecule has 0 saturated carbocycles. The molecule has 186 valence electrons. The molecule has 3 aromatic rings. The van der Waals surface area contributed by atoms with Gasteiger partial charge >= 0.3 is 0 Å². The Balaban J connectivity index is 1.53. The average Bonchev–Trinajstić information content (AvgIpc) is 3.12. The molecule has 2 aliphatic rings. The van der Waals surface area contributed by atoms with Crippen LogP contribution in [0.5, 0.6) is 5.75 Å². The van der Waals surface area contributed by atoms with Crippen molar-refractivity contribution in [3.63, 3.8) is 0 Å². The molecular weight excluding hydrogens is 492 g/mol. The predicted octanol–water partition coefficient (Wildman–Crippen LogP) is 4.59. The lowest BCUT2D eigenvalue weighted by Crippen LogP contribution is -2.40. The summed E-state index contributed by atoms with van der Waals surface area (Å²) in [5.74, 6) is 2.15. The number of hydrogen-bond donors (Lipinski definition) is 0. The molecule has 2 aliphatic heterocycles. The average molecular weight is 521 g/mol. The Morgan fingerprint density at radius 2 is 1.83 bits per heavy atom. The third-order valence-electron chi connectivity index (χ3n) is 6.57. The number of aromatic nitrogens is 2. The standard InChI is InChI=1S/C27H28N4O3S2/c1-17-12-18(2)15-29(14-17)24-21(25(32)30-11-5-4-6-23(30)28-24)13-22-26(33)31(27(35)36-22)16-19-7-9-20(34-3)10-8-19/h4-11,13,17-18H,12,14-16H2,1-3H3. The highest BCUT2D eigenvalue weighted by molar-refractivity contribution is 8.26. The van der Waals surface area contributed by atoms with Crippen molar-refractivity contribution in [3.8, 4) is 5.75 Å². The van der Waals surface area contributed by atoms with E-state index in [0.717, 1.165) is 30.8 Å². The van der Waals surface area contributed by atoms with E-state index in [0.29, 0.717) is 44.6 Å². The quantitative estimate of drug-likeness (QED) is 0.360. The Hall–Kier alpha value is -3.17. The van der Waals surface area contributed by atoms with Crippen molar-refractivity contribution >= 4 is 51.7 Å². The van der Waals surface area contributed by atoms with Gasteiger partial charge in [0.1, 0.15) is 21.5 Å². The minimum Gasteiger partial charge on any atom is -0.497 e. The highest BCUT2D eigenvalue weighted by Crippen LogP contribution is 2.35. The zero-order valence-corrected chi connectivity index (χ0v) is 22.1. The molecule has 0 aliphatic carbocycles. The number of nitrogens with zero attached hydrogens (tertiary/aromatic N) is 4. The molecule has 0 bridgehead atoms. The van der Waals surface area contributed by atoms with Gasteiger partial charge in [-0.1, -0.05) is 56.0 Å². The van der Waals surface area contributed by atoms with Crippen molar-refractivity contribution < 1.29 is 9.53 Å². The van der Waals surface area contributed by atoms with Gasteiger partial charge in [-0.05, 0) is 54.2 Å². The molecule has 5 rings (SSSR count). The van der Waals surface area contributed by atoms with Gasteiger partial charge in [0.15, 0.2) is 0 Å². The largest absolute Gasteiger partial charge is 0.497 e. The SMILES string of the molecule is COc1ccc(CN2C(=O)C(=Cc3c(N4CC(C)CC(C)C4)nc4ccccn4c3=O)SC2=S)cc1. The molecule has 2 unspecified atom stereocenters. The van der Waals surface area contributed by atoms with Crippen molar-refractivity contribution in [2.24, 2.45) is 11.8 Å². The number of carbonyl (C=O) groups is 1. The monoisotopic (exact) mass is 520 g/mol. The Bertz CT molecular complexity index is 1410. The molecule has 2 atom stereocenters. The van der Waals surface area contributed by atoms with Crippen LogP contribution in [-0.4, -0.2) is 44.7 Å². The van der Waals surface area contributed by atoms with Crippen LogP contribution in [0.4, 0.5) is 5.82 Å². The Morgan fingerprint density at radius 1 is 1.11 bits per heavy atom. The number of hydrogen-bond acceptors (Lipinski definition) is 7. The first-order valence-corrected chi connectivity index (χ1v) is 13.2. The van der Waals surface area contributed by atoms with E-state index in [2.05, 4.69) is 18.7 Å². The third-order valence-corrected chi connectivity index (χ3v) is 7.94. The van der Waals surface area contributed by atoms with Crippen LogP contribution >= 0.6 is 24.0 Å². The maximum Gasteiger partial charge on any atom is 0.267 e. The van der Waals surface area contributed by atoms with Gasteiger partial charge in [-0.2, -0.15) is 0 Å². The number of rotatable bonds is 5. The number of methoxy groups -OCH3 is 1. The van der Waals surface area contributed by atoms with Crippen molar-refractivity contribution in [2.75, 3.05) is 25.1 Å². The van der Waals surface area contributed by atoms with E-state index in [1.54, 1.807) is 30.3 Å². The lowest BCUT2D eigenvalue weighted by atomic mass is 9.91. The number of thioether (sulfide) groups is 1. The fraction of sp³-hybridized carbons (Fsp3) is 0.333. The molecule has 36 heavy (non-hydrogen) atoms. The number of pyridine rings is 1. The molecular formula is C27H28N4O3S2. The molecule has 7 nitrogen and oxygen atoms in total. The summed E-state index contributed by atoms with van der Waals surface area (Å²) in [4.78, 5) is 36.1. The van der Waals surface area contributed by atoms with Crippen LogP contribution in [0.2, 0.25) is 0 Å². The molecule has 0 radical (unpaired) electrons.